The highest BCUT2D eigenvalue weighted by Gasteiger charge is 2.34. The number of aromatic nitrogens is 2. The van der Waals surface area contributed by atoms with Crippen LogP contribution in [-0.4, -0.2) is 120 Å². The SMILES string of the molecule is CN1C(=O)[C@@H](NC(=O)c2cc(Cc3ccccc3)on2)COc2ccc(C(=O)NS(C)(=O)=O)cc21.CN1C(=O)[C@@H](NC(=O)c2cc(Cc3ccccc3)on2)COc2ccc(C(=O)O)cc21.CS(N)(=O)=O. The molecule has 8 rings (SSSR count). The summed E-state index contributed by atoms with van der Waals surface area (Å²) in [6.07, 6.45) is 2.74. The van der Waals surface area contributed by atoms with Gasteiger partial charge in [-0.1, -0.05) is 71.0 Å². The Morgan fingerprint density at radius 3 is 1.42 bits per heavy atom. The number of nitrogens with one attached hydrogen (secondary N) is 3. The van der Waals surface area contributed by atoms with Gasteiger partial charge in [0.25, 0.3) is 29.5 Å². The van der Waals surface area contributed by atoms with Crippen molar-refractivity contribution >= 4 is 66.9 Å². The minimum Gasteiger partial charge on any atom is -0.489 e. The molecule has 0 bridgehead atoms. The molecule has 0 aliphatic carbocycles. The molecule has 6 N–H and O–H groups in total. The van der Waals surface area contributed by atoms with Gasteiger partial charge in [-0.15, -0.1) is 0 Å². The van der Waals surface area contributed by atoms with Crippen LogP contribution in [0.1, 0.15) is 64.3 Å². The summed E-state index contributed by atoms with van der Waals surface area (Å²) < 4.78 is 65.2. The lowest BCUT2D eigenvalue weighted by atomic mass is 10.1. The second-order valence-electron chi connectivity index (χ2n) is 15.9. The third kappa shape index (κ3) is 14.5. The first-order valence-electron chi connectivity index (χ1n) is 21.0. The number of aromatic carboxylic acids is 1. The minimum absolute atomic E-state index is 0.0212. The van der Waals surface area contributed by atoms with E-state index in [2.05, 4.69) is 26.1 Å². The molecule has 0 unspecified atom stereocenters. The number of hydrogen-bond acceptors (Lipinski definition) is 16. The highest BCUT2D eigenvalue weighted by atomic mass is 32.2. The number of nitrogens with two attached hydrogens (primary N) is 1. The van der Waals surface area contributed by atoms with Crippen LogP contribution in [0.3, 0.4) is 0 Å². The molecule has 2 atom stereocenters. The average molecular weight is 1020 g/mol. The number of carboxylic acids is 1. The van der Waals surface area contributed by atoms with E-state index < -0.39 is 67.6 Å². The van der Waals surface area contributed by atoms with Crippen LogP contribution in [0.25, 0.3) is 0 Å². The molecule has 372 valence electrons. The Morgan fingerprint density at radius 2 is 1.03 bits per heavy atom. The smallest absolute Gasteiger partial charge is 0.335 e. The van der Waals surface area contributed by atoms with Crippen molar-refractivity contribution in [1.29, 1.82) is 0 Å². The molecule has 5 amide bonds. The molecular weight excluding hydrogens is 969 g/mol. The molecule has 0 fully saturated rings. The lowest BCUT2D eigenvalue weighted by molar-refractivity contribution is -0.121. The lowest BCUT2D eigenvalue weighted by Gasteiger charge is -2.20. The predicted molar refractivity (Wildman–Crippen MR) is 253 cm³/mol. The molecule has 6 aromatic rings. The number of likely N-dealkylation sites (N-methyl/N-ethyl adjacent to an activating group) is 2. The Bertz CT molecular complexity index is 3170. The van der Waals surface area contributed by atoms with Crippen LogP contribution in [0.4, 0.5) is 11.4 Å². The van der Waals surface area contributed by atoms with Gasteiger partial charge in [-0.2, -0.15) is 0 Å². The van der Waals surface area contributed by atoms with E-state index >= 15 is 0 Å². The van der Waals surface area contributed by atoms with E-state index in [4.69, 9.17) is 18.5 Å². The number of ether oxygens (including phenoxy) is 2. The van der Waals surface area contributed by atoms with E-state index in [0.29, 0.717) is 41.5 Å². The number of fused-ring (bicyclic) bond motifs is 2. The van der Waals surface area contributed by atoms with Gasteiger partial charge in [0, 0.05) is 44.6 Å². The summed E-state index contributed by atoms with van der Waals surface area (Å²) >= 11 is 0. The number of hydrogen-bond donors (Lipinski definition) is 5. The number of anilines is 2. The Labute approximate surface area is 406 Å². The minimum atomic E-state index is -3.76. The fourth-order valence-corrected chi connectivity index (χ4v) is 7.22. The van der Waals surface area contributed by atoms with E-state index in [1.165, 1.54) is 72.4 Å². The zero-order valence-electron chi connectivity index (χ0n) is 38.2. The quantitative estimate of drug-likeness (QED) is 0.124. The summed E-state index contributed by atoms with van der Waals surface area (Å²) in [4.78, 5) is 77.1. The van der Waals surface area contributed by atoms with Crippen LogP contribution in [0.5, 0.6) is 11.5 Å². The van der Waals surface area contributed by atoms with Gasteiger partial charge in [-0.05, 0) is 47.5 Å². The highest BCUT2D eigenvalue weighted by molar-refractivity contribution is 7.89. The topological polar surface area (TPSA) is 330 Å². The van der Waals surface area contributed by atoms with Gasteiger partial charge in [0.15, 0.2) is 11.4 Å². The number of carbonyl (C=O) groups excluding carboxylic acids is 5. The predicted octanol–water partition coefficient (Wildman–Crippen LogP) is 2.13. The van der Waals surface area contributed by atoms with E-state index in [1.54, 1.807) is 0 Å². The van der Waals surface area contributed by atoms with Crippen LogP contribution in [-0.2, 0) is 42.5 Å². The number of carbonyl (C=O) groups is 6. The van der Waals surface area contributed by atoms with Crippen LogP contribution in [0, 0.1) is 0 Å². The number of benzene rings is 4. The van der Waals surface area contributed by atoms with E-state index in [0.717, 1.165) is 23.6 Å². The zero-order chi connectivity index (χ0) is 51.6. The monoisotopic (exact) mass is 1010 g/mol. The van der Waals surface area contributed by atoms with E-state index in [1.807, 2.05) is 65.4 Å². The second-order valence-corrected chi connectivity index (χ2v) is 19.3. The summed E-state index contributed by atoms with van der Waals surface area (Å²) in [5.74, 6) is -2.42. The standard InChI is InChI=1S/C23H22N4O7S.C22H19N3O6.CH5NO2S/c1-27-19-11-15(21(28)26-35(2,31)32)8-9-20(19)33-13-18(23(27)30)24-22(29)17-12-16(34-25-17)10-14-6-4-3-5-7-14;1-25-18-10-14(22(28)29)7-8-19(18)30-12-17(21(25)27)23-20(26)16-11-15(31-24-16)9-13-5-3-2-4-6-13;1-5(2,3)4/h3-9,11-12,18H,10,13H2,1-2H3,(H,24,29)(H,26,28);2-8,10-11,17H,9,12H2,1H3,(H,23,26)(H,28,29);1H3,(H2,2,3,4)/t18-;17-;/m00./s1. The summed E-state index contributed by atoms with van der Waals surface area (Å²) in [7, 11) is -3.97. The molecule has 0 radical (unpaired) electrons. The molecule has 2 aromatic heterocycles. The Balaban J connectivity index is 0.000000213. The fraction of sp³-hybridized carbons (Fsp3) is 0.217. The van der Waals surface area contributed by atoms with Crippen LogP contribution < -0.4 is 39.8 Å². The number of rotatable bonds is 11. The summed E-state index contributed by atoms with van der Waals surface area (Å²) in [5.41, 5.74) is 2.69. The largest absolute Gasteiger partial charge is 0.489 e. The van der Waals surface area contributed by atoms with Gasteiger partial charge in [0.2, 0.25) is 20.0 Å². The van der Waals surface area contributed by atoms with Crippen LogP contribution in [0.2, 0.25) is 0 Å². The molecule has 0 saturated heterocycles. The highest BCUT2D eigenvalue weighted by Crippen LogP contribution is 2.33. The van der Waals surface area contributed by atoms with Gasteiger partial charge in [-0.25, -0.2) is 31.5 Å². The lowest BCUT2D eigenvalue weighted by Crippen LogP contribution is -2.49. The van der Waals surface area contributed by atoms with Crippen molar-refractivity contribution in [2.24, 2.45) is 5.14 Å². The van der Waals surface area contributed by atoms with Crippen LogP contribution in [0.15, 0.2) is 118 Å². The van der Waals surface area contributed by atoms with E-state index in [9.17, 15) is 50.7 Å². The molecule has 2 aliphatic heterocycles. The normalized spacial score (nSPS) is 15.3. The van der Waals surface area contributed by atoms with Gasteiger partial charge in [-0.3, -0.25) is 24.0 Å². The Kier molecular flexibility index (Phi) is 16.3. The van der Waals surface area contributed by atoms with Gasteiger partial charge in [0.1, 0.15) is 48.3 Å². The molecule has 4 heterocycles. The molecule has 25 heteroatoms. The van der Waals surface area contributed by atoms with Crippen molar-refractivity contribution in [3.63, 3.8) is 0 Å². The maximum absolute atomic E-state index is 13.0. The molecule has 71 heavy (non-hydrogen) atoms. The van der Waals surface area contributed by atoms with E-state index in [-0.39, 0.29) is 41.4 Å². The van der Waals surface area contributed by atoms with Gasteiger partial charge < -0.3 is 44.1 Å². The van der Waals surface area contributed by atoms with Crippen molar-refractivity contribution in [2.75, 3.05) is 49.6 Å². The van der Waals surface area contributed by atoms with Crippen molar-refractivity contribution in [3.8, 4) is 11.5 Å². The second kappa shape index (κ2) is 22.3. The molecule has 4 aromatic carbocycles. The third-order valence-corrected chi connectivity index (χ3v) is 10.7. The first-order valence-corrected chi connectivity index (χ1v) is 24.8. The molecule has 0 spiro atoms. The number of sulfonamides is 2. The van der Waals surface area contributed by atoms with Gasteiger partial charge >= 0.3 is 5.97 Å². The first kappa shape index (κ1) is 52.0. The number of nitrogens with zero attached hydrogens (tertiary/aromatic N) is 4. The Morgan fingerprint density at radius 1 is 0.634 bits per heavy atom. The van der Waals surface area contributed by atoms with Crippen molar-refractivity contribution in [3.05, 3.63) is 154 Å². The van der Waals surface area contributed by atoms with Crippen LogP contribution >= 0.6 is 0 Å². The molecule has 2 aliphatic rings. The molecule has 0 saturated carbocycles. The summed E-state index contributed by atoms with van der Waals surface area (Å²) in [6.45, 7) is -0.269. The van der Waals surface area contributed by atoms with Crippen molar-refractivity contribution in [1.82, 2.24) is 25.7 Å². The summed E-state index contributed by atoms with van der Waals surface area (Å²) in [6, 6.07) is 28.6. The first-order chi connectivity index (χ1) is 33.5. The number of primary sulfonamides is 1. The maximum atomic E-state index is 13.0. The number of carboxylic acid groups (broad SMARTS) is 1. The van der Waals surface area contributed by atoms with Crippen molar-refractivity contribution in [2.45, 2.75) is 24.9 Å². The summed E-state index contributed by atoms with van der Waals surface area (Å²) in [5, 5.41) is 26.3. The molecule has 23 nitrogen and oxygen atoms in total. The third-order valence-electron chi connectivity index (χ3n) is 10.1. The average Bonchev–Trinajstić information content (AvgIpc) is 3.96. The fourth-order valence-electron chi connectivity index (χ4n) is 6.77. The molecular formula is C46H46N8O15S2. The Hall–Kier alpha value is -8.42. The van der Waals surface area contributed by atoms with Gasteiger partial charge in [0.05, 0.1) is 29.4 Å². The zero-order valence-corrected chi connectivity index (χ0v) is 39.9. The van der Waals surface area contributed by atoms with Crippen molar-refractivity contribution < 1.29 is 69.2 Å². The number of amides is 5. The maximum Gasteiger partial charge on any atom is 0.335 e.